The Hall–Kier alpha value is -3.85. The average molecular weight is 449 g/mol. The van der Waals surface area contributed by atoms with Crippen LogP contribution in [-0.4, -0.2) is 28.2 Å². The van der Waals surface area contributed by atoms with Crippen LogP contribution in [0.25, 0.3) is 16.2 Å². The van der Waals surface area contributed by atoms with Crippen LogP contribution >= 0.6 is 11.3 Å². The largest absolute Gasteiger partial charge is 0.481 e. The van der Waals surface area contributed by atoms with Gasteiger partial charge in [0.2, 0.25) is 6.79 Å². The van der Waals surface area contributed by atoms with Crippen molar-refractivity contribution in [1.29, 1.82) is 0 Å². The van der Waals surface area contributed by atoms with Crippen LogP contribution in [-0.2, 0) is 4.79 Å². The summed E-state index contributed by atoms with van der Waals surface area (Å²) in [4.78, 5) is 30.0. The number of thiazole rings is 1. The minimum atomic E-state index is -0.719. The lowest BCUT2D eigenvalue weighted by Crippen LogP contribution is -2.30. The molecule has 0 aliphatic carbocycles. The molecule has 1 atom stereocenters. The first-order valence-corrected chi connectivity index (χ1v) is 10.8. The summed E-state index contributed by atoms with van der Waals surface area (Å²) in [5.41, 5.74) is 2.82. The number of carbonyl (C=O) groups excluding carboxylic acids is 1. The van der Waals surface area contributed by atoms with E-state index in [-0.39, 0.29) is 18.3 Å². The number of hydrogen-bond acceptors (Lipinski definition) is 7. The fourth-order valence-corrected chi connectivity index (χ4v) is 4.35. The van der Waals surface area contributed by atoms with E-state index in [0.29, 0.717) is 33.6 Å². The van der Waals surface area contributed by atoms with Gasteiger partial charge in [-0.2, -0.15) is 0 Å². The second-order valence-corrected chi connectivity index (χ2v) is 8.15. The van der Waals surface area contributed by atoms with Crippen LogP contribution in [0.4, 0.5) is 5.69 Å². The van der Waals surface area contributed by atoms with Gasteiger partial charge in [-0.15, -0.1) is 11.3 Å². The van der Waals surface area contributed by atoms with Gasteiger partial charge in [-0.25, -0.2) is 4.98 Å². The zero-order valence-corrected chi connectivity index (χ0v) is 18.1. The van der Waals surface area contributed by atoms with Crippen molar-refractivity contribution in [1.82, 2.24) is 9.38 Å². The van der Waals surface area contributed by atoms with Crippen molar-refractivity contribution in [3.63, 3.8) is 0 Å². The molecule has 5 rings (SSSR count). The molecule has 0 saturated carbocycles. The third-order valence-corrected chi connectivity index (χ3v) is 5.83. The fourth-order valence-electron chi connectivity index (χ4n) is 3.41. The number of hydrogen-bond donors (Lipinski definition) is 1. The van der Waals surface area contributed by atoms with Gasteiger partial charge in [-0.1, -0.05) is 12.1 Å². The van der Waals surface area contributed by atoms with Gasteiger partial charge in [0.05, 0.1) is 5.69 Å². The molecule has 0 fully saturated rings. The third kappa shape index (κ3) is 3.78. The van der Waals surface area contributed by atoms with Gasteiger partial charge in [-0.3, -0.25) is 14.0 Å². The van der Waals surface area contributed by atoms with Crippen LogP contribution in [0.3, 0.4) is 0 Å². The summed E-state index contributed by atoms with van der Waals surface area (Å²) < 4.78 is 17.9. The van der Waals surface area contributed by atoms with Crippen LogP contribution < -0.4 is 25.1 Å². The topological polar surface area (TPSA) is 91.2 Å². The molecular formula is C23H19N3O5S. The Labute approximate surface area is 187 Å². The van der Waals surface area contributed by atoms with Gasteiger partial charge < -0.3 is 19.5 Å². The monoisotopic (exact) mass is 449 g/mol. The number of aromatic nitrogens is 2. The van der Waals surface area contributed by atoms with Crippen molar-refractivity contribution in [2.75, 3.05) is 12.1 Å². The Kier molecular flexibility index (Phi) is 5.02. The van der Waals surface area contributed by atoms with E-state index in [1.165, 1.54) is 17.4 Å². The number of nitrogens with one attached hydrogen (secondary N) is 1. The third-order valence-electron chi connectivity index (χ3n) is 5.01. The second kappa shape index (κ2) is 8.01. The minimum absolute atomic E-state index is 0.115. The quantitative estimate of drug-likeness (QED) is 0.497. The molecule has 2 aromatic carbocycles. The lowest BCUT2D eigenvalue weighted by atomic mass is 10.1. The summed E-state index contributed by atoms with van der Waals surface area (Å²) in [5.74, 6) is 1.48. The van der Waals surface area contributed by atoms with E-state index in [2.05, 4.69) is 10.3 Å². The molecule has 9 heteroatoms. The predicted octanol–water partition coefficient (Wildman–Crippen LogP) is 3.87. The molecule has 1 aliphatic rings. The maximum absolute atomic E-state index is 12.6. The SMILES string of the molecule is Cc1cc(=O)n2c(-c3ccc(NC(=O)[C@H](C)Oc4ccc5c(c4)OCO5)cc3)csc2n1. The van der Waals surface area contributed by atoms with Crippen LogP contribution in [0.2, 0.25) is 0 Å². The summed E-state index contributed by atoms with van der Waals surface area (Å²) in [5, 5.41) is 4.75. The zero-order chi connectivity index (χ0) is 22.2. The van der Waals surface area contributed by atoms with Crippen molar-refractivity contribution in [3.8, 4) is 28.5 Å². The number of aryl methyl sites for hydroxylation is 1. The first kappa shape index (κ1) is 20.1. The molecular weight excluding hydrogens is 430 g/mol. The smallest absolute Gasteiger partial charge is 0.265 e. The number of fused-ring (bicyclic) bond motifs is 2. The zero-order valence-electron chi connectivity index (χ0n) is 17.3. The van der Waals surface area contributed by atoms with Crippen molar-refractivity contribution in [2.24, 2.45) is 0 Å². The van der Waals surface area contributed by atoms with E-state index in [4.69, 9.17) is 14.2 Å². The van der Waals surface area contributed by atoms with E-state index in [1.807, 2.05) is 17.5 Å². The van der Waals surface area contributed by atoms with Crippen LogP contribution in [0.1, 0.15) is 12.6 Å². The van der Waals surface area contributed by atoms with E-state index >= 15 is 0 Å². The number of benzene rings is 2. The molecule has 3 heterocycles. The van der Waals surface area contributed by atoms with Gasteiger partial charge in [0, 0.05) is 28.9 Å². The van der Waals surface area contributed by atoms with E-state index in [0.717, 1.165) is 11.3 Å². The Balaban J connectivity index is 1.28. The van der Waals surface area contributed by atoms with E-state index in [9.17, 15) is 9.59 Å². The molecule has 0 bridgehead atoms. The molecule has 32 heavy (non-hydrogen) atoms. The number of anilines is 1. The average Bonchev–Trinajstić information content (AvgIpc) is 3.41. The van der Waals surface area contributed by atoms with E-state index in [1.54, 1.807) is 48.6 Å². The fraction of sp³-hybridized carbons (Fsp3) is 0.174. The van der Waals surface area contributed by atoms with Gasteiger partial charge >= 0.3 is 0 Å². The summed E-state index contributed by atoms with van der Waals surface area (Å²) in [6.07, 6.45) is -0.719. The highest BCUT2D eigenvalue weighted by atomic mass is 32.1. The first-order valence-electron chi connectivity index (χ1n) is 9.93. The van der Waals surface area contributed by atoms with Gasteiger partial charge in [0.1, 0.15) is 5.75 Å². The van der Waals surface area contributed by atoms with Crippen molar-refractivity contribution in [3.05, 3.63) is 70.0 Å². The summed E-state index contributed by atoms with van der Waals surface area (Å²) in [7, 11) is 0. The summed E-state index contributed by atoms with van der Waals surface area (Å²) in [6.45, 7) is 3.65. The molecule has 4 aromatic rings. The van der Waals surface area contributed by atoms with Crippen molar-refractivity contribution >= 4 is 27.9 Å². The number of ether oxygens (including phenoxy) is 3. The molecule has 0 unspecified atom stereocenters. The molecule has 0 saturated heterocycles. The predicted molar refractivity (Wildman–Crippen MR) is 121 cm³/mol. The molecule has 0 spiro atoms. The lowest BCUT2D eigenvalue weighted by Gasteiger charge is -2.15. The van der Waals surface area contributed by atoms with Gasteiger partial charge in [0.25, 0.3) is 11.5 Å². The number of nitrogens with zero attached hydrogens (tertiary/aromatic N) is 2. The Morgan fingerprint density at radius 2 is 1.94 bits per heavy atom. The van der Waals surface area contributed by atoms with Crippen molar-refractivity contribution in [2.45, 2.75) is 20.0 Å². The summed E-state index contributed by atoms with van der Waals surface area (Å²) >= 11 is 1.41. The highest BCUT2D eigenvalue weighted by Crippen LogP contribution is 2.35. The van der Waals surface area contributed by atoms with Crippen LogP contribution in [0.15, 0.2) is 58.7 Å². The molecule has 1 aliphatic heterocycles. The maximum Gasteiger partial charge on any atom is 0.265 e. The van der Waals surface area contributed by atoms with Crippen molar-refractivity contribution < 1.29 is 19.0 Å². The van der Waals surface area contributed by atoms with Gasteiger partial charge in [-0.05, 0) is 43.7 Å². The molecule has 8 nitrogen and oxygen atoms in total. The van der Waals surface area contributed by atoms with E-state index < -0.39 is 6.10 Å². The van der Waals surface area contributed by atoms with Crippen LogP contribution in [0, 0.1) is 6.92 Å². The number of rotatable bonds is 5. The Bertz CT molecular complexity index is 1380. The highest BCUT2D eigenvalue weighted by molar-refractivity contribution is 7.15. The maximum atomic E-state index is 12.6. The first-order chi connectivity index (χ1) is 15.5. The second-order valence-electron chi connectivity index (χ2n) is 7.32. The summed E-state index contributed by atoms with van der Waals surface area (Å²) in [6, 6.07) is 14.0. The molecule has 0 radical (unpaired) electrons. The standard InChI is InChI=1S/C23H19N3O5S/c1-13-9-21(27)26-18(11-32-23(26)24-13)15-3-5-16(6-4-15)25-22(28)14(2)31-17-7-8-19-20(10-17)30-12-29-19/h3-11,14H,12H2,1-2H3,(H,25,28)/t14-/m0/s1. The lowest BCUT2D eigenvalue weighted by molar-refractivity contribution is -0.122. The normalized spacial score (nSPS) is 13.2. The highest BCUT2D eigenvalue weighted by Gasteiger charge is 2.18. The molecule has 162 valence electrons. The molecule has 2 aromatic heterocycles. The molecule has 1 N–H and O–H groups in total. The van der Waals surface area contributed by atoms with Crippen LogP contribution in [0.5, 0.6) is 17.2 Å². The Morgan fingerprint density at radius 3 is 2.75 bits per heavy atom. The minimum Gasteiger partial charge on any atom is -0.481 e. The molecule has 1 amide bonds. The number of carbonyl (C=O) groups is 1. The number of amides is 1. The van der Waals surface area contributed by atoms with Gasteiger partial charge in [0.15, 0.2) is 22.6 Å². The Morgan fingerprint density at radius 1 is 1.16 bits per heavy atom.